The molecule has 8 heteroatoms. The number of rotatable bonds is 8. The van der Waals surface area contributed by atoms with E-state index in [1.165, 1.54) is 22.6 Å². The number of aromatic nitrogens is 1. The molecule has 0 aliphatic carbocycles. The van der Waals surface area contributed by atoms with E-state index >= 15 is 0 Å². The molecule has 0 bridgehead atoms. The summed E-state index contributed by atoms with van der Waals surface area (Å²) < 4.78 is 33.2. The quantitative estimate of drug-likeness (QED) is 0.652. The standard InChI is InChI=1S/C22H27N3O4S/c1-2-21(26)24-19-10-6-7-14-25(17-19)30(27,28)20-11-12-22(23-16-20)29-15-13-18-8-4-3-5-9-18/h2-5,8-9,11-12,16,19H,1,6-7,10,13-15,17H2,(H,24,26). The molecular weight excluding hydrogens is 402 g/mol. The van der Waals surface area contributed by atoms with Crippen LogP contribution in [0.4, 0.5) is 0 Å². The minimum atomic E-state index is -3.70. The Kier molecular flexibility index (Phi) is 7.59. The van der Waals surface area contributed by atoms with Crippen LogP contribution in [0.1, 0.15) is 24.8 Å². The van der Waals surface area contributed by atoms with Gasteiger partial charge in [-0.15, -0.1) is 0 Å². The number of hydrogen-bond donors (Lipinski definition) is 1. The Morgan fingerprint density at radius 2 is 2.03 bits per heavy atom. The van der Waals surface area contributed by atoms with E-state index in [-0.39, 0.29) is 23.4 Å². The number of nitrogens with zero attached hydrogens (tertiary/aromatic N) is 2. The molecular formula is C22H27N3O4S. The third kappa shape index (κ3) is 5.90. The summed E-state index contributed by atoms with van der Waals surface area (Å²) in [7, 11) is -3.70. The van der Waals surface area contributed by atoms with Crippen molar-refractivity contribution < 1.29 is 17.9 Å². The molecule has 160 valence electrons. The number of carbonyl (C=O) groups is 1. The van der Waals surface area contributed by atoms with Crippen molar-refractivity contribution in [2.75, 3.05) is 19.7 Å². The lowest BCUT2D eigenvalue weighted by atomic mass is 10.1. The first-order valence-electron chi connectivity index (χ1n) is 10.0. The van der Waals surface area contributed by atoms with Crippen molar-refractivity contribution in [3.63, 3.8) is 0 Å². The molecule has 1 aromatic heterocycles. The van der Waals surface area contributed by atoms with Gasteiger partial charge >= 0.3 is 0 Å². The van der Waals surface area contributed by atoms with Crippen LogP contribution in [0, 0.1) is 0 Å². The van der Waals surface area contributed by atoms with Gasteiger partial charge in [0.1, 0.15) is 4.90 Å². The highest BCUT2D eigenvalue weighted by Crippen LogP contribution is 2.21. The molecule has 30 heavy (non-hydrogen) atoms. The van der Waals surface area contributed by atoms with Gasteiger partial charge in [-0.25, -0.2) is 13.4 Å². The van der Waals surface area contributed by atoms with Crippen LogP contribution in [-0.4, -0.2) is 49.4 Å². The van der Waals surface area contributed by atoms with Gasteiger partial charge in [0.05, 0.1) is 12.8 Å². The lowest BCUT2D eigenvalue weighted by Gasteiger charge is -2.24. The van der Waals surface area contributed by atoms with E-state index in [0.717, 1.165) is 31.2 Å². The van der Waals surface area contributed by atoms with Crippen molar-refractivity contribution in [1.82, 2.24) is 14.6 Å². The van der Waals surface area contributed by atoms with Gasteiger partial charge in [-0.3, -0.25) is 4.79 Å². The number of carbonyl (C=O) groups excluding carboxylic acids is 1. The van der Waals surface area contributed by atoms with Crippen molar-refractivity contribution >= 4 is 15.9 Å². The van der Waals surface area contributed by atoms with Crippen molar-refractivity contribution in [3.8, 4) is 5.88 Å². The van der Waals surface area contributed by atoms with E-state index in [4.69, 9.17) is 4.74 Å². The summed E-state index contributed by atoms with van der Waals surface area (Å²) in [5.41, 5.74) is 1.16. The Balaban J connectivity index is 1.62. The Morgan fingerprint density at radius 3 is 2.73 bits per heavy atom. The Bertz CT molecular complexity index is 946. The highest BCUT2D eigenvalue weighted by molar-refractivity contribution is 7.89. The van der Waals surface area contributed by atoms with Crippen LogP contribution in [0.2, 0.25) is 0 Å². The van der Waals surface area contributed by atoms with Crippen molar-refractivity contribution in [3.05, 3.63) is 66.9 Å². The first-order valence-corrected chi connectivity index (χ1v) is 11.5. The minimum Gasteiger partial charge on any atom is -0.477 e. The fourth-order valence-corrected chi connectivity index (χ4v) is 4.85. The third-order valence-electron chi connectivity index (χ3n) is 5.00. The van der Waals surface area contributed by atoms with Crippen molar-refractivity contribution in [1.29, 1.82) is 0 Å². The van der Waals surface area contributed by atoms with Crippen molar-refractivity contribution in [2.24, 2.45) is 0 Å². The Morgan fingerprint density at radius 1 is 1.23 bits per heavy atom. The maximum absolute atomic E-state index is 13.1. The summed E-state index contributed by atoms with van der Waals surface area (Å²) >= 11 is 0. The second-order valence-corrected chi connectivity index (χ2v) is 9.12. The van der Waals surface area contributed by atoms with Crippen LogP contribution < -0.4 is 10.1 Å². The number of pyridine rings is 1. The van der Waals surface area contributed by atoms with Crippen LogP contribution in [0.5, 0.6) is 5.88 Å². The van der Waals surface area contributed by atoms with E-state index in [1.807, 2.05) is 30.3 Å². The molecule has 3 rings (SSSR count). The van der Waals surface area contributed by atoms with Gasteiger partial charge < -0.3 is 10.1 Å². The SMILES string of the molecule is C=CC(=O)NC1CCCCN(S(=O)(=O)c2ccc(OCCc3ccccc3)nc2)C1. The summed E-state index contributed by atoms with van der Waals surface area (Å²) in [5.74, 6) is 0.0924. The first kappa shape index (κ1) is 22.0. The molecule has 0 saturated carbocycles. The maximum atomic E-state index is 13.1. The molecule has 1 aromatic carbocycles. The normalized spacial score (nSPS) is 17.7. The molecule has 2 aromatic rings. The van der Waals surface area contributed by atoms with Crippen LogP contribution in [0.15, 0.2) is 66.2 Å². The molecule has 1 saturated heterocycles. The molecule has 1 aliphatic rings. The number of nitrogens with one attached hydrogen (secondary N) is 1. The fraction of sp³-hybridized carbons (Fsp3) is 0.364. The van der Waals surface area contributed by atoms with E-state index in [0.29, 0.717) is 19.0 Å². The molecule has 1 unspecified atom stereocenters. The van der Waals surface area contributed by atoms with E-state index in [2.05, 4.69) is 16.9 Å². The lowest BCUT2D eigenvalue weighted by molar-refractivity contribution is -0.117. The minimum absolute atomic E-state index is 0.119. The zero-order valence-corrected chi connectivity index (χ0v) is 17.7. The third-order valence-corrected chi connectivity index (χ3v) is 6.85. The van der Waals surface area contributed by atoms with E-state index < -0.39 is 10.0 Å². The average molecular weight is 430 g/mol. The van der Waals surface area contributed by atoms with Gasteiger partial charge in [-0.2, -0.15) is 4.31 Å². The highest BCUT2D eigenvalue weighted by atomic mass is 32.2. The number of sulfonamides is 1. The van der Waals surface area contributed by atoms with Gasteiger partial charge in [-0.05, 0) is 30.5 Å². The number of benzene rings is 1. The molecule has 0 spiro atoms. The maximum Gasteiger partial charge on any atom is 0.244 e. The molecule has 1 N–H and O–H groups in total. The second kappa shape index (κ2) is 10.4. The highest BCUT2D eigenvalue weighted by Gasteiger charge is 2.29. The molecule has 0 radical (unpaired) electrons. The van der Waals surface area contributed by atoms with Crippen LogP contribution in [0.25, 0.3) is 0 Å². The Hall–Kier alpha value is -2.71. The zero-order chi connectivity index (χ0) is 21.4. The zero-order valence-electron chi connectivity index (χ0n) is 16.9. The molecule has 7 nitrogen and oxygen atoms in total. The molecule has 1 fully saturated rings. The summed E-state index contributed by atoms with van der Waals surface area (Å²) in [6.07, 6.45) is 5.60. The second-order valence-electron chi connectivity index (χ2n) is 7.18. The topological polar surface area (TPSA) is 88.6 Å². The first-order chi connectivity index (χ1) is 14.5. The number of hydrogen-bond acceptors (Lipinski definition) is 5. The van der Waals surface area contributed by atoms with Crippen LogP contribution in [-0.2, 0) is 21.2 Å². The fourth-order valence-electron chi connectivity index (χ4n) is 3.38. The summed E-state index contributed by atoms with van der Waals surface area (Å²) in [4.78, 5) is 15.9. The lowest BCUT2D eigenvalue weighted by Crippen LogP contribution is -2.44. The van der Waals surface area contributed by atoms with Gasteiger partial charge in [-0.1, -0.05) is 43.3 Å². The van der Waals surface area contributed by atoms with Crippen molar-refractivity contribution in [2.45, 2.75) is 36.6 Å². The average Bonchev–Trinajstić information content (AvgIpc) is 3.01. The van der Waals surface area contributed by atoms with Gasteiger partial charge in [0, 0.05) is 31.6 Å². The van der Waals surface area contributed by atoms with Gasteiger partial charge in [0.2, 0.25) is 21.8 Å². The predicted molar refractivity (Wildman–Crippen MR) is 115 cm³/mol. The van der Waals surface area contributed by atoms with Gasteiger partial charge in [0.25, 0.3) is 0 Å². The number of ether oxygens (including phenoxy) is 1. The summed E-state index contributed by atoms with van der Waals surface area (Å²) in [6, 6.07) is 12.8. The molecule has 2 heterocycles. The molecule has 1 atom stereocenters. The van der Waals surface area contributed by atoms with Crippen LogP contribution in [0.3, 0.4) is 0 Å². The molecule has 1 aliphatic heterocycles. The van der Waals surface area contributed by atoms with E-state index in [9.17, 15) is 13.2 Å². The summed E-state index contributed by atoms with van der Waals surface area (Å²) in [6.45, 7) is 4.55. The van der Waals surface area contributed by atoms with E-state index in [1.54, 1.807) is 6.07 Å². The number of amides is 1. The van der Waals surface area contributed by atoms with Gasteiger partial charge in [0.15, 0.2) is 0 Å². The predicted octanol–water partition coefficient (Wildman–Crippen LogP) is 2.55. The Labute approximate surface area is 177 Å². The molecule has 1 amide bonds. The smallest absolute Gasteiger partial charge is 0.244 e. The monoisotopic (exact) mass is 429 g/mol. The van der Waals surface area contributed by atoms with Crippen LogP contribution >= 0.6 is 0 Å². The summed E-state index contributed by atoms with van der Waals surface area (Å²) in [5, 5.41) is 2.81. The largest absolute Gasteiger partial charge is 0.477 e.